The molecule has 1 saturated heterocycles. The zero-order chi connectivity index (χ0) is 18.0. The molecule has 0 saturated carbocycles. The van der Waals surface area contributed by atoms with Crippen molar-refractivity contribution in [2.45, 2.75) is 40.5 Å². The van der Waals surface area contributed by atoms with Gasteiger partial charge in [0.2, 0.25) is 5.91 Å². The molecule has 1 aromatic carbocycles. The van der Waals surface area contributed by atoms with Crippen LogP contribution in [-0.2, 0) is 4.79 Å². The summed E-state index contributed by atoms with van der Waals surface area (Å²) in [5.41, 5.74) is 3.06. The number of nitrogens with zero attached hydrogens (tertiary/aromatic N) is 2. The molecule has 134 valence electrons. The number of hydrogen-bond acceptors (Lipinski definition) is 3. The fourth-order valence-electron chi connectivity index (χ4n) is 3.50. The maximum atomic E-state index is 12.1. The maximum Gasteiger partial charge on any atom is 0.225 e. The molecule has 1 amide bonds. The molecule has 0 spiro atoms. The van der Waals surface area contributed by atoms with Gasteiger partial charge in [0.1, 0.15) is 0 Å². The van der Waals surface area contributed by atoms with E-state index in [0.717, 1.165) is 37.3 Å². The molecule has 2 aromatic rings. The van der Waals surface area contributed by atoms with Crippen LogP contribution in [0.2, 0.25) is 0 Å². The summed E-state index contributed by atoms with van der Waals surface area (Å²) in [6.07, 6.45) is 2.33. The van der Waals surface area contributed by atoms with E-state index in [0.29, 0.717) is 5.92 Å². The van der Waals surface area contributed by atoms with Gasteiger partial charge in [-0.1, -0.05) is 39.0 Å². The number of hydrogen-bond donors (Lipinski definition) is 1. The van der Waals surface area contributed by atoms with Crippen molar-refractivity contribution < 1.29 is 4.79 Å². The summed E-state index contributed by atoms with van der Waals surface area (Å²) in [7, 11) is 0. The van der Waals surface area contributed by atoms with Crippen LogP contribution in [-0.4, -0.2) is 30.5 Å². The molecule has 1 atom stereocenters. The molecule has 1 aliphatic rings. The van der Waals surface area contributed by atoms with Gasteiger partial charge in [-0.15, -0.1) is 0 Å². The molecule has 1 N–H and O–H groups in total. The van der Waals surface area contributed by atoms with Crippen molar-refractivity contribution >= 4 is 22.5 Å². The van der Waals surface area contributed by atoms with Crippen LogP contribution in [0.15, 0.2) is 30.3 Å². The average Bonchev–Trinajstić information content (AvgIpc) is 2.58. The minimum Gasteiger partial charge on any atom is -0.371 e. The van der Waals surface area contributed by atoms with Gasteiger partial charge in [-0.2, -0.15) is 0 Å². The monoisotopic (exact) mass is 339 g/mol. The highest BCUT2D eigenvalue weighted by molar-refractivity contribution is 5.92. The first-order valence-corrected chi connectivity index (χ1v) is 9.24. The highest BCUT2D eigenvalue weighted by atomic mass is 16.2. The number of nitrogens with one attached hydrogen (secondary N) is 1. The van der Waals surface area contributed by atoms with Crippen LogP contribution in [0.25, 0.3) is 10.9 Å². The first-order valence-electron chi connectivity index (χ1n) is 9.24. The Balaban J connectivity index is 1.75. The van der Waals surface area contributed by atoms with E-state index < -0.39 is 0 Å². The van der Waals surface area contributed by atoms with Crippen LogP contribution in [0.3, 0.4) is 0 Å². The second-order valence-electron chi connectivity index (χ2n) is 8.21. The standard InChI is InChI=1S/C21H29N3O/c1-15-12-19(17-9-5-6-10-18(17)23-15)24-11-7-8-16(14-24)13-22-20(25)21(2,3)4/h5-6,9-10,12,16H,7-8,11,13-14H2,1-4H3,(H,22,25). The fraction of sp³-hybridized carbons (Fsp3) is 0.524. The van der Waals surface area contributed by atoms with Gasteiger partial charge in [0.15, 0.2) is 0 Å². The van der Waals surface area contributed by atoms with Crippen LogP contribution >= 0.6 is 0 Å². The molecule has 1 unspecified atom stereocenters. The third-order valence-corrected chi connectivity index (χ3v) is 4.91. The molecule has 2 heterocycles. The molecule has 25 heavy (non-hydrogen) atoms. The molecule has 4 nitrogen and oxygen atoms in total. The van der Waals surface area contributed by atoms with Gasteiger partial charge in [-0.25, -0.2) is 0 Å². The summed E-state index contributed by atoms with van der Waals surface area (Å²) in [6, 6.07) is 10.5. The van der Waals surface area contributed by atoms with E-state index in [4.69, 9.17) is 0 Å². The zero-order valence-corrected chi connectivity index (χ0v) is 15.8. The van der Waals surface area contributed by atoms with E-state index in [-0.39, 0.29) is 11.3 Å². The molecule has 0 bridgehead atoms. The molecule has 0 radical (unpaired) electrons. The third kappa shape index (κ3) is 4.12. The van der Waals surface area contributed by atoms with Gasteiger partial charge in [0.05, 0.1) is 5.52 Å². The summed E-state index contributed by atoms with van der Waals surface area (Å²) in [5, 5.41) is 4.35. The van der Waals surface area contributed by atoms with Crippen LogP contribution in [0.4, 0.5) is 5.69 Å². The quantitative estimate of drug-likeness (QED) is 0.922. The Hall–Kier alpha value is -2.10. The molecule has 4 heteroatoms. The Morgan fingerprint density at radius 2 is 2.08 bits per heavy atom. The summed E-state index contributed by atoms with van der Waals surface area (Å²) >= 11 is 0. The van der Waals surface area contributed by atoms with Crippen molar-refractivity contribution in [3.63, 3.8) is 0 Å². The molecular formula is C21H29N3O. The lowest BCUT2D eigenvalue weighted by Gasteiger charge is -2.35. The average molecular weight is 339 g/mol. The van der Waals surface area contributed by atoms with E-state index in [9.17, 15) is 4.79 Å². The predicted octanol–water partition coefficient (Wildman–Crippen LogP) is 3.92. The van der Waals surface area contributed by atoms with Crippen LogP contribution in [0, 0.1) is 18.3 Å². The Kier molecular flexibility index (Phi) is 4.98. The van der Waals surface area contributed by atoms with E-state index >= 15 is 0 Å². The van der Waals surface area contributed by atoms with Crippen LogP contribution in [0.1, 0.15) is 39.3 Å². The number of aryl methyl sites for hydroxylation is 1. The summed E-state index contributed by atoms with van der Waals surface area (Å²) in [4.78, 5) is 19.3. The second-order valence-corrected chi connectivity index (χ2v) is 8.21. The SMILES string of the molecule is Cc1cc(N2CCCC(CNC(=O)C(C)(C)C)C2)c2ccccc2n1. The predicted molar refractivity (Wildman–Crippen MR) is 104 cm³/mol. The molecule has 3 rings (SSSR count). The molecule has 1 aromatic heterocycles. The Labute approximate surface area is 150 Å². The fourth-order valence-corrected chi connectivity index (χ4v) is 3.50. The Bertz CT molecular complexity index is 763. The van der Waals surface area contributed by atoms with Gasteiger partial charge in [-0.05, 0) is 37.8 Å². The highest BCUT2D eigenvalue weighted by Gasteiger charge is 2.25. The lowest BCUT2D eigenvalue weighted by Crippen LogP contribution is -2.43. The van der Waals surface area contributed by atoms with Crippen LogP contribution in [0.5, 0.6) is 0 Å². The van der Waals surface area contributed by atoms with Crippen LogP contribution < -0.4 is 10.2 Å². The largest absolute Gasteiger partial charge is 0.371 e. The lowest BCUT2D eigenvalue weighted by molar-refractivity contribution is -0.128. The van der Waals surface area contributed by atoms with E-state index in [1.807, 2.05) is 26.8 Å². The van der Waals surface area contributed by atoms with Crippen molar-refractivity contribution in [3.05, 3.63) is 36.0 Å². The number of carbonyl (C=O) groups excluding carboxylic acids is 1. The smallest absolute Gasteiger partial charge is 0.225 e. The summed E-state index contributed by atoms with van der Waals surface area (Å²) in [5.74, 6) is 0.627. The van der Waals surface area contributed by atoms with Crippen molar-refractivity contribution in [2.24, 2.45) is 11.3 Å². The number of aromatic nitrogens is 1. The van der Waals surface area contributed by atoms with Gasteiger partial charge >= 0.3 is 0 Å². The van der Waals surface area contributed by atoms with Gasteiger partial charge in [0, 0.05) is 41.8 Å². The summed E-state index contributed by atoms with van der Waals surface area (Å²) < 4.78 is 0. The maximum absolute atomic E-state index is 12.1. The van der Waals surface area contributed by atoms with E-state index in [1.165, 1.54) is 17.5 Å². The topological polar surface area (TPSA) is 45.2 Å². The van der Waals surface area contributed by atoms with Gasteiger partial charge in [-0.3, -0.25) is 9.78 Å². The summed E-state index contributed by atoms with van der Waals surface area (Å²) in [6.45, 7) is 10.7. The first kappa shape index (κ1) is 17.7. The molecule has 1 aliphatic heterocycles. The normalized spacial score (nSPS) is 18.4. The number of carbonyl (C=O) groups is 1. The molecule has 1 fully saturated rings. The van der Waals surface area contributed by atoms with Crippen molar-refractivity contribution in [3.8, 4) is 0 Å². The van der Waals surface area contributed by atoms with Crippen molar-refractivity contribution in [2.75, 3.05) is 24.5 Å². The number of amides is 1. The Morgan fingerprint density at radius 1 is 1.32 bits per heavy atom. The second kappa shape index (κ2) is 7.03. The number of fused-ring (bicyclic) bond motifs is 1. The van der Waals surface area contributed by atoms with Crippen molar-refractivity contribution in [1.82, 2.24) is 10.3 Å². The minimum absolute atomic E-state index is 0.134. The number of para-hydroxylation sites is 1. The molecular weight excluding hydrogens is 310 g/mol. The first-order chi connectivity index (χ1) is 11.8. The number of benzene rings is 1. The third-order valence-electron chi connectivity index (χ3n) is 4.91. The number of pyridine rings is 1. The van der Waals surface area contributed by atoms with E-state index in [1.54, 1.807) is 0 Å². The number of piperidine rings is 1. The number of anilines is 1. The Morgan fingerprint density at radius 3 is 2.84 bits per heavy atom. The lowest BCUT2D eigenvalue weighted by atomic mass is 9.93. The number of rotatable bonds is 3. The minimum atomic E-state index is -0.327. The van der Waals surface area contributed by atoms with Gasteiger partial charge < -0.3 is 10.2 Å². The highest BCUT2D eigenvalue weighted by Crippen LogP contribution is 2.30. The van der Waals surface area contributed by atoms with Gasteiger partial charge in [0.25, 0.3) is 0 Å². The zero-order valence-electron chi connectivity index (χ0n) is 15.8. The van der Waals surface area contributed by atoms with Crippen molar-refractivity contribution in [1.29, 1.82) is 0 Å². The van der Waals surface area contributed by atoms with E-state index in [2.05, 4.69) is 46.4 Å². The molecule has 0 aliphatic carbocycles.